The molecule has 0 saturated heterocycles. The second-order valence-corrected chi connectivity index (χ2v) is 5.93. The quantitative estimate of drug-likeness (QED) is 0.858. The summed E-state index contributed by atoms with van der Waals surface area (Å²) in [5.41, 5.74) is 1.62. The first-order valence-electron chi connectivity index (χ1n) is 6.82. The number of anilines is 1. The highest BCUT2D eigenvalue weighted by Crippen LogP contribution is 2.24. The van der Waals surface area contributed by atoms with E-state index in [0.717, 1.165) is 12.2 Å². The summed E-state index contributed by atoms with van der Waals surface area (Å²) < 4.78 is 0. The Bertz CT molecular complexity index is 424. The zero-order valence-electron chi connectivity index (χ0n) is 12.6. The standard InChI is InChI=1S/C15H25N3O/c1-6-17-13-7-8-16-10-12(13)14(19)18-9-11(2)15(3,4)5/h7-8,10-11H,6,9H2,1-5H3,(H,16,17)(H,18,19). The zero-order valence-corrected chi connectivity index (χ0v) is 12.6. The van der Waals surface area contributed by atoms with Crippen LogP contribution < -0.4 is 10.6 Å². The number of nitrogens with one attached hydrogen (secondary N) is 2. The molecule has 1 unspecified atom stereocenters. The summed E-state index contributed by atoms with van der Waals surface area (Å²) in [6.07, 6.45) is 3.29. The van der Waals surface area contributed by atoms with Crippen LogP contribution in [0.2, 0.25) is 0 Å². The van der Waals surface area contributed by atoms with Gasteiger partial charge in [0.25, 0.3) is 5.91 Å². The number of carbonyl (C=O) groups is 1. The molecule has 1 atom stereocenters. The van der Waals surface area contributed by atoms with E-state index in [2.05, 4.69) is 43.3 Å². The summed E-state index contributed by atoms with van der Waals surface area (Å²) in [5.74, 6) is 0.343. The van der Waals surface area contributed by atoms with E-state index in [1.165, 1.54) is 0 Å². The van der Waals surface area contributed by atoms with Gasteiger partial charge in [-0.1, -0.05) is 27.7 Å². The number of amides is 1. The first-order valence-corrected chi connectivity index (χ1v) is 6.82. The van der Waals surface area contributed by atoms with Gasteiger partial charge in [-0.05, 0) is 24.3 Å². The molecule has 0 saturated carbocycles. The molecular formula is C15H25N3O. The molecule has 0 aromatic carbocycles. The lowest BCUT2D eigenvalue weighted by molar-refractivity contribution is 0.0937. The summed E-state index contributed by atoms with van der Waals surface area (Å²) >= 11 is 0. The van der Waals surface area contributed by atoms with Crippen LogP contribution in [0.25, 0.3) is 0 Å². The molecule has 0 radical (unpaired) electrons. The highest BCUT2D eigenvalue weighted by Gasteiger charge is 2.21. The zero-order chi connectivity index (χ0) is 14.5. The molecule has 1 aromatic rings. The van der Waals surface area contributed by atoms with E-state index in [1.807, 2.05) is 13.0 Å². The second kappa shape index (κ2) is 6.55. The topological polar surface area (TPSA) is 54.0 Å². The minimum Gasteiger partial charge on any atom is -0.385 e. The Balaban J connectivity index is 2.69. The fourth-order valence-corrected chi connectivity index (χ4v) is 1.57. The Labute approximate surface area is 116 Å². The van der Waals surface area contributed by atoms with Gasteiger partial charge in [-0.3, -0.25) is 9.78 Å². The van der Waals surface area contributed by atoms with Crippen molar-refractivity contribution in [2.45, 2.75) is 34.6 Å². The SMILES string of the molecule is CCNc1ccncc1C(=O)NCC(C)C(C)(C)C. The van der Waals surface area contributed by atoms with Crippen molar-refractivity contribution in [1.82, 2.24) is 10.3 Å². The number of hydrogen-bond acceptors (Lipinski definition) is 3. The molecule has 0 fully saturated rings. The van der Waals surface area contributed by atoms with Crippen LogP contribution in [0.5, 0.6) is 0 Å². The second-order valence-electron chi connectivity index (χ2n) is 5.93. The van der Waals surface area contributed by atoms with Gasteiger partial charge in [0.1, 0.15) is 0 Å². The van der Waals surface area contributed by atoms with Gasteiger partial charge < -0.3 is 10.6 Å². The van der Waals surface area contributed by atoms with Crippen molar-refractivity contribution < 1.29 is 4.79 Å². The van der Waals surface area contributed by atoms with Crippen LogP contribution in [0.3, 0.4) is 0 Å². The lowest BCUT2D eigenvalue weighted by Gasteiger charge is -2.27. The number of nitrogens with zero attached hydrogens (tertiary/aromatic N) is 1. The maximum atomic E-state index is 12.2. The molecule has 1 rings (SSSR count). The van der Waals surface area contributed by atoms with Crippen LogP contribution in [0, 0.1) is 11.3 Å². The number of aromatic nitrogens is 1. The number of carbonyl (C=O) groups excluding carboxylic acids is 1. The van der Waals surface area contributed by atoms with Crippen LogP contribution in [-0.2, 0) is 0 Å². The van der Waals surface area contributed by atoms with Crippen molar-refractivity contribution in [3.05, 3.63) is 24.0 Å². The van der Waals surface area contributed by atoms with Gasteiger partial charge in [0, 0.05) is 25.5 Å². The van der Waals surface area contributed by atoms with Crippen LogP contribution in [0.4, 0.5) is 5.69 Å². The van der Waals surface area contributed by atoms with Gasteiger partial charge >= 0.3 is 0 Å². The van der Waals surface area contributed by atoms with Crippen molar-refractivity contribution in [2.75, 3.05) is 18.4 Å². The van der Waals surface area contributed by atoms with E-state index in [0.29, 0.717) is 18.0 Å². The fourth-order valence-electron chi connectivity index (χ4n) is 1.57. The van der Waals surface area contributed by atoms with E-state index in [9.17, 15) is 4.79 Å². The van der Waals surface area contributed by atoms with Crippen molar-refractivity contribution in [3.63, 3.8) is 0 Å². The molecule has 4 heteroatoms. The number of rotatable bonds is 5. The summed E-state index contributed by atoms with van der Waals surface area (Å²) in [6, 6.07) is 1.83. The molecule has 0 bridgehead atoms. The summed E-state index contributed by atoms with van der Waals surface area (Å²) in [5, 5.41) is 6.16. The molecule has 4 nitrogen and oxygen atoms in total. The minimum absolute atomic E-state index is 0.0693. The predicted molar refractivity (Wildman–Crippen MR) is 79.4 cm³/mol. The normalized spacial score (nSPS) is 12.9. The molecule has 0 aliphatic carbocycles. The third-order valence-electron chi connectivity index (χ3n) is 3.48. The van der Waals surface area contributed by atoms with Crippen LogP contribution in [-0.4, -0.2) is 24.0 Å². The van der Waals surface area contributed by atoms with Crippen molar-refractivity contribution in [1.29, 1.82) is 0 Å². The van der Waals surface area contributed by atoms with E-state index in [1.54, 1.807) is 12.4 Å². The van der Waals surface area contributed by atoms with Gasteiger partial charge in [0.2, 0.25) is 0 Å². The molecule has 0 spiro atoms. The Kier molecular flexibility index (Phi) is 5.33. The fraction of sp³-hybridized carbons (Fsp3) is 0.600. The monoisotopic (exact) mass is 263 g/mol. The van der Waals surface area contributed by atoms with Crippen LogP contribution >= 0.6 is 0 Å². The van der Waals surface area contributed by atoms with Gasteiger partial charge in [-0.25, -0.2) is 0 Å². The van der Waals surface area contributed by atoms with Crippen LogP contribution in [0.15, 0.2) is 18.5 Å². The Hall–Kier alpha value is -1.58. The summed E-state index contributed by atoms with van der Waals surface area (Å²) in [4.78, 5) is 16.2. The third kappa shape index (κ3) is 4.54. The summed E-state index contributed by atoms with van der Waals surface area (Å²) in [6.45, 7) is 12.1. The predicted octanol–water partition coefficient (Wildman–Crippen LogP) is 2.93. The Morgan fingerprint density at radius 3 is 2.68 bits per heavy atom. The highest BCUT2D eigenvalue weighted by molar-refractivity contribution is 5.99. The number of hydrogen-bond donors (Lipinski definition) is 2. The van der Waals surface area contributed by atoms with Crippen molar-refractivity contribution >= 4 is 11.6 Å². The minimum atomic E-state index is -0.0693. The van der Waals surface area contributed by atoms with Crippen molar-refractivity contribution in [2.24, 2.45) is 11.3 Å². The lowest BCUT2D eigenvalue weighted by atomic mass is 9.82. The molecular weight excluding hydrogens is 238 g/mol. The molecule has 106 valence electrons. The average molecular weight is 263 g/mol. The van der Waals surface area contributed by atoms with Crippen LogP contribution in [0.1, 0.15) is 45.0 Å². The van der Waals surface area contributed by atoms with E-state index >= 15 is 0 Å². The average Bonchev–Trinajstić information content (AvgIpc) is 2.35. The van der Waals surface area contributed by atoms with E-state index in [-0.39, 0.29) is 11.3 Å². The first kappa shape index (κ1) is 15.5. The first-order chi connectivity index (χ1) is 8.86. The molecule has 1 aromatic heterocycles. The van der Waals surface area contributed by atoms with Gasteiger partial charge in [0.05, 0.1) is 11.3 Å². The molecule has 2 N–H and O–H groups in total. The molecule has 1 heterocycles. The van der Waals surface area contributed by atoms with E-state index in [4.69, 9.17) is 0 Å². The molecule has 0 aliphatic rings. The largest absolute Gasteiger partial charge is 0.385 e. The summed E-state index contributed by atoms with van der Waals surface area (Å²) in [7, 11) is 0. The smallest absolute Gasteiger partial charge is 0.254 e. The highest BCUT2D eigenvalue weighted by atomic mass is 16.1. The maximum Gasteiger partial charge on any atom is 0.254 e. The van der Waals surface area contributed by atoms with Gasteiger partial charge in [-0.15, -0.1) is 0 Å². The van der Waals surface area contributed by atoms with Crippen molar-refractivity contribution in [3.8, 4) is 0 Å². The Morgan fingerprint density at radius 2 is 2.11 bits per heavy atom. The molecule has 19 heavy (non-hydrogen) atoms. The third-order valence-corrected chi connectivity index (χ3v) is 3.48. The number of pyridine rings is 1. The molecule has 1 amide bonds. The molecule has 0 aliphatic heterocycles. The lowest BCUT2D eigenvalue weighted by Crippen LogP contribution is -2.34. The maximum absolute atomic E-state index is 12.2. The van der Waals surface area contributed by atoms with E-state index < -0.39 is 0 Å². The van der Waals surface area contributed by atoms with Gasteiger partial charge in [0.15, 0.2) is 0 Å². The Morgan fingerprint density at radius 1 is 1.42 bits per heavy atom. The van der Waals surface area contributed by atoms with Gasteiger partial charge in [-0.2, -0.15) is 0 Å².